The minimum Gasteiger partial charge on any atom is -0.393 e. The second kappa shape index (κ2) is 9.10. The summed E-state index contributed by atoms with van der Waals surface area (Å²) in [6.07, 6.45) is 5.58. The van der Waals surface area contributed by atoms with Crippen molar-refractivity contribution in [1.82, 2.24) is 25.1 Å². The fourth-order valence-corrected chi connectivity index (χ4v) is 4.23. The lowest BCUT2D eigenvalue weighted by Crippen LogP contribution is -2.61. The highest BCUT2D eigenvalue weighted by atomic mass is 16.3. The molecule has 0 radical (unpaired) electrons. The fraction of sp³-hybridized carbons (Fsp3) is 0.375. The van der Waals surface area contributed by atoms with Gasteiger partial charge in [0.25, 0.3) is 0 Å². The van der Waals surface area contributed by atoms with Gasteiger partial charge in [0.2, 0.25) is 0 Å². The molecule has 32 heavy (non-hydrogen) atoms. The average Bonchev–Trinajstić information content (AvgIpc) is 3.18. The van der Waals surface area contributed by atoms with Gasteiger partial charge in [0, 0.05) is 50.0 Å². The highest BCUT2D eigenvalue weighted by molar-refractivity contribution is 5.69. The Hall–Kier alpha value is -3.23. The van der Waals surface area contributed by atoms with Crippen molar-refractivity contribution >= 4 is 29.6 Å². The zero-order valence-electron chi connectivity index (χ0n) is 18.3. The summed E-state index contributed by atoms with van der Waals surface area (Å²) in [5, 5.41) is 20.3. The van der Waals surface area contributed by atoms with Gasteiger partial charge >= 0.3 is 0 Å². The molecule has 0 bridgehead atoms. The first-order valence-corrected chi connectivity index (χ1v) is 11.2. The lowest BCUT2D eigenvalue weighted by atomic mass is 10.0. The van der Waals surface area contributed by atoms with E-state index in [1.807, 2.05) is 49.4 Å². The number of H-pyrrole nitrogens is 1. The van der Waals surface area contributed by atoms with E-state index in [4.69, 9.17) is 4.98 Å². The monoisotopic (exact) mass is 431 g/mol. The fourth-order valence-electron chi connectivity index (χ4n) is 4.23. The molecule has 0 amide bonds. The molecular weight excluding hydrogens is 402 g/mol. The number of aromatic amines is 1. The van der Waals surface area contributed by atoms with E-state index >= 15 is 0 Å². The molecule has 5 rings (SSSR count). The number of hydrogen-bond acceptors (Lipinski definition) is 7. The predicted octanol–water partition coefficient (Wildman–Crippen LogP) is 3.07. The number of hydrogen-bond donors (Lipinski definition) is 3. The molecule has 1 aromatic carbocycles. The number of rotatable bonds is 6. The Bertz CT molecular complexity index is 1070. The first-order chi connectivity index (χ1) is 15.6. The van der Waals surface area contributed by atoms with Crippen molar-refractivity contribution in [3.63, 3.8) is 0 Å². The van der Waals surface area contributed by atoms with Crippen LogP contribution in [-0.4, -0.2) is 68.5 Å². The van der Waals surface area contributed by atoms with Crippen LogP contribution in [0.5, 0.6) is 0 Å². The Morgan fingerprint density at radius 3 is 2.53 bits per heavy atom. The number of piperidine rings is 1. The van der Waals surface area contributed by atoms with E-state index in [1.54, 1.807) is 0 Å². The van der Waals surface area contributed by atoms with Crippen molar-refractivity contribution in [2.24, 2.45) is 0 Å². The van der Waals surface area contributed by atoms with Crippen LogP contribution in [0.15, 0.2) is 42.5 Å². The Morgan fingerprint density at radius 2 is 1.81 bits per heavy atom. The van der Waals surface area contributed by atoms with Crippen molar-refractivity contribution < 1.29 is 5.11 Å². The maximum absolute atomic E-state index is 9.77. The van der Waals surface area contributed by atoms with Gasteiger partial charge in [-0.25, -0.2) is 9.97 Å². The zero-order valence-corrected chi connectivity index (χ0v) is 18.3. The van der Waals surface area contributed by atoms with E-state index in [-0.39, 0.29) is 6.10 Å². The molecule has 3 aromatic rings. The third kappa shape index (κ3) is 4.81. The van der Waals surface area contributed by atoms with Gasteiger partial charge in [-0.05, 0) is 31.4 Å². The van der Waals surface area contributed by atoms with Crippen LogP contribution >= 0.6 is 0 Å². The van der Waals surface area contributed by atoms with Gasteiger partial charge < -0.3 is 15.3 Å². The van der Waals surface area contributed by atoms with Crippen molar-refractivity contribution in [1.29, 1.82) is 0 Å². The molecule has 0 atom stereocenters. The number of anilines is 3. The molecule has 8 nitrogen and oxygen atoms in total. The normalized spacial score (nSPS) is 18.2. The molecule has 0 unspecified atom stereocenters. The summed E-state index contributed by atoms with van der Waals surface area (Å²) in [6.45, 7) is 5.79. The molecule has 2 aliphatic rings. The molecule has 4 heterocycles. The average molecular weight is 432 g/mol. The molecule has 0 saturated carbocycles. The lowest BCUT2D eigenvalue weighted by Gasteiger charge is -2.47. The topological polar surface area (TPSA) is 93.2 Å². The molecule has 2 aromatic heterocycles. The minimum atomic E-state index is -0.137. The largest absolute Gasteiger partial charge is 0.393 e. The summed E-state index contributed by atoms with van der Waals surface area (Å²) in [6, 6.07) is 14.6. The van der Waals surface area contributed by atoms with Gasteiger partial charge in [-0.1, -0.05) is 36.4 Å². The Balaban J connectivity index is 1.34. The quantitative estimate of drug-likeness (QED) is 0.552. The Labute approximate surface area is 188 Å². The second-order valence-corrected chi connectivity index (χ2v) is 8.60. The molecule has 2 fully saturated rings. The van der Waals surface area contributed by atoms with Crippen LogP contribution in [0, 0.1) is 6.92 Å². The summed E-state index contributed by atoms with van der Waals surface area (Å²) in [5.74, 6) is 3.03. The maximum atomic E-state index is 9.77. The number of aryl methyl sites for hydroxylation is 1. The summed E-state index contributed by atoms with van der Waals surface area (Å²) >= 11 is 0. The van der Waals surface area contributed by atoms with Crippen molar-refractivity contribution in [2.45, 2.75) is 31.9 Å². The molecular formula is C24H29N7O. The zero-order chi connectivity index (χ0) is 21.9. The Morgan fingerprint density at radius 1 is 1.03 bits per heavy atom. The number of aromatic nitrogens is 4. The van der Waals surface area contributed by atoms with E-state index in [1.165, 1.54) is 0 Å². The van der Waals surface area contributed by atoms with Crippen LogP contribution in [0.25, 0.3) is 12.2 Å². The summed E-state index contributed by atoms with van der Waals surface area (Å²) in [5.41, 5.74) is 2.10. The second-order valence-electron chi connectivity index (χ2n) is 8.60. The van der Waals surface area contributed by atoms with E-state index in [0.717, 1.165) is 67.7 Å². The van der Waals surface area contributed by atoms with Crippen LogP contribution in [0.2, 0.25) is 0 Å². The van der Waals surface area contributed by atoms with E-state index in [9.17, 15) is 5.11 Å². The molecule has 2 aliphatic heterocycles. The van der Waals surface area contributed by atoms with Crippen LogP contribution in [0.4, 0.5) is 17.5 Å². The molecule has 2 saturated heterocycles. The first kappa shape index (κ1) is 20.7. The first-order valence-electron chi connectivity index (χ1n) is 11.2. The Kier molecular flexibility index (Phi) is 5.87. The maximum Gasteiger partial charge on any atom is 0.156 e. The highest BCUT2D eigenvalue weighted by Crippen LogP contribution is 2.27. The number of aliphatic hydroxyl groups is 1. The molecule has 8 heteroatoms. The predicted molar refractivity (Wildman–Crippen MR) is 127 cm³/mol. The minimum absolute atomic E-state index is 0.137. The van der Waals surface area contributed by atoms with Gasteiger partial charge in [0.15, 0.2) is 11.6 Å². The van der Waals surface area contributed by atoms with Gasteiger partial charge in [-0.3, -0.25) is 10.00 Å². The van der Waals surface area contributed by atoms with Gasteiger partial charge in [-0.15, -0.1) is 0 Å². The molecule has 166 valence electrons. The standard InChI is InChI=1S/C24H29N7O/c1-17-13-23(29-28-17)26-22-14-24(27-21(25-22)8-7-18-5-3-2-4-6-18)31-15-19(16-31)30-11-9-20(32)10-12-30/h2-8,13-14,19-20,32H,9-12,15-16H2,1H3,(H2,25,26,27,28,29)/b8-7+. The summed E-state index contributed by atoms with van der Waals surface area (Å²) in [7, 11) is 0. The van der Waals surface area contributed by atoms with Gasteiger partial charge in [0.1, 0.15) is 11.6 Å². The highest BCUT2D eigenvalue weighted by Gasteiger charge is 2.34. The third-order valence-corrected chi connectivity index (χ3v) is 6.12. The van der Waals surface area contributed by atoms with Gasteiger partial charge in [-0.2, -0.15) is 5.10 Å². The van der Waals surface area contributed by atoms with Crippen LogP contribution < -0.4 is 10.2 Å². The van der Waals surface area contributed by atoms with Crippen LogP contribution in [0.3, 0.4) is 0 Å². The molecule has 0 spiro atoms. The van der Waals surface area contributed by atoms with Crippen LogP contribution in [0.1, 0.15) is 29.9 Å². The van der Waals surface area contributed by atoms with Crippen LogP contribution in [-0.2, 0) is 0 Å². The summed E-state index contributed by atoms with van der Waals surface area (Å²) in [4.78, 5) is 14.3. The number of likely N-dealkylation sites (tertiary alicyclic amines) is 1. The SMILES string of the molecule is Cc1cc(Nc2cc(N3CC(N4CCC(O)CC4)C3)nc(/C=C/c3ccccc3)n2)n[nH]1. The molecule has 0 aliphatic carbocycles. The van der Waals surface area contributed by atoms with E-state index < -0.39 is 0 Å². The summed E-state index contributed by atoms with van der Waals surface area (Å²) < 4.78 is 0. The van der Waals surface area contributed by atoms with E-state index in [0.29, 0.717) is 11.9 Å². The van der Waals surface area contributed by atoms with Crippen molar-refractivity contribution in [2.75, 3.05) is 36.4 Å². The smallest absolute Gasteiger partial charge is 0.156 e. The third-order valence-electron chi connectivity index (χ3n) is 6.12. The van der Waals surface area contributed by atoms with E-state index in [2.05, 4.69) is 42.4 Å². The number of aliphatic hydroxyl groups excluding tert-OH is 1. The number of benzene rings is 1. The number of nitrogens with one attached hydrogen (secondary N) is 2. The molecule has 3 N–H and O–H groups in total. The van der Waals surface area contributed by atoms with Gasteiger partial charge in [0.05, 0.1) is 6.10 Å². The van der Waals surface area contributed by atoms with Crippen molar-refractivity contribution in [3.05, 3.63) is 59.5 Å². The number of nitrogens with zero attached hydrogens (tertiary/aromatic N) is 5. The van der Waals surface area contributed by atoms with Crippen molar-refractivity contribution in [3.8, 4) is 0 Å². The lowest BCUT2D eigenvalue weighted by molar-refractivity contribution is 0.0529.